The van der Waals surface area contributed by atoms with Crippen molar-refractivity contribution in [3.05, 3.63) is 59.4 Å². The summed E-state index contributed by atoms with van der Waals surface area (Å²) in [4.78, 5) is 29.5. The molecule has 0 saturated carbocycles. The van der Waals surface area contributed by atoms with E-state index in [2.05, 4.69) is 10.3 Å². The molecule has 0 atom stereocenters. The van der Waals surface area contributed by atoms with E-state index in [1.54, 1.807) is 12.4 Å². The largest absolute Gasteiger partial charge is 0.350 e. The molecule has 120 valence electrons. The van der Waals surface area contributed by atoms with Crippen LogP contribution in [0.15, 0.2) is 42.7 Å². The Bertz CT molecular complexity index is 678. The number of hydrogen-bond acceptors (Lipinski definition) is 3. The van der Waals surface area contributed by atoms with Crippen molar-refractivity contribution in [3.8, 4) is 0 Å². The summed E-state index contributed by atoms with van der Waals surface area (Å²) in [5.74, 6) is -0.366. The van der Waals surface area contributed by atoms with Crippen LogP contribution in [0.1, 0.15) is 23.6 Å². The number of anilines is 1. The summed E-state index contributed by atoms with van der Waals surface area (Å²) in [6.07, 6.45) is 3.38. The summed E-state index contributed by atoms with van der Waals surface area (Å²) in [6, 6.07) is 9.55. The number of aromatic nitrogens is 1. The van der Waals surface area contributed by atoms with Crippen LogP contribution in [0.3, 0.4) is 0 Å². The maximum absolute atomic E-state index is 12.1. The minimum atomic E-state index is -0.205. The van der Waals surface area contributed by atoms with Crippen molar-refractivity contribution in [1.82, 2.24) is 10.3 Å². The van der Waals surface area contributed by atoms with Crippen LogP contribution in [0.25, 0.3) is 0 Å². The van der Waals surface area contributed by atoms with Crippen LogP contribution < -0.4 is 10.2 Å². The van der Waals surface area contributed by atoms with E-state index in [9.17, 15) is 9.59 Å². The number of carbonyl (C=O) groups is 2. The SMILES string of the molecule is CC(=O)N(CC(=O)NCc1cccnc1)c1cc(C)cc(C)c1. The van der Waals surface area contributed by atoms with E-state index in [4.69, 9.17) is 0 Å². The van der Waals surface area contributed by atoms with Crippen molar-refractivity contribution in [2.75, 3.05) is 11.4 Å². The first-order valence-corrected chi connectivity index (χ1v) is 7.47. The van der Waals surface area contributed by atoms with Gasteiger partial charge in [-0.15, -0.1) is 0 Å². The summed E-state index contributed by atoms with van der Waals surface area (Å²) in [7, 11) is 0. The molecule has 0 radical (unpaired) electrons. The maximum atomic E-state index is 12.1. The lowest BCUT2D eigenvalue weighted by atomic mass is 10.1. The van der Waals surface area contributed by atoms with Gasteiger partial charge in [-0.2, -0.15) is 0 Å². The highest BCUT2D eigenvalue weighted by molar-refractivity contribution is 5.97. The molecular weight excluding hydrogens is 290 g/mol. The van der Waals surface area contributed by atoms with E-state index >= 15 is 0 Å². The van der Waals surface area contributed by atoms with Gasteiger partial charge in [0.2, 0.25) is 11.8 Å². The van der Waals surface area contributed by atoms with Gasteiger partial charge in [-0.1, -0.05) is 12.1 Å². The lowest BCUT2D eigenvalue weighted by Gasteiger charge is -2.21. The van der Waals surface area contributed by atoms with E-state index in [1.165, 1.54) is 11.8 Å². The van der Waals surface area contributed by atoms with Gasteiger partial charge in [0.15, 0.2) is 0 Å². The highest BCUT2D eigenvalue weighted by Gasteiger charge is 2.16. The van der Waals surface area contributed by atoms with Gasteiger partial charge in [-0.3, -0.25) is 14.6 Å². The Morgan fingerprint density at radius 2 is 1.87 bits per heavy atom. The fourth-order valence-corrected chi connectivity index (χ4v) is 2.39. The van der Waals surface area contributed by atoms with Crippen molar-refractivity contribution < 1.29 is 9.59 Å². The molecule has 5 nitrogen and oxygen atoms in total. The zero-order valence-corrected chi connectivity index (χ0v) is 13.7. The van der Waals surface area contributed by atoms with E-state index in [-0.39, 0.29) is 18.4 Å². The third-order valence-corrected chi connectivity index (χ3v) is 3.41. The molecule has 1 heterocycles. The summed E-state index contributed by atoms with van der Waals surface area (Å²) >= 11 is 0. The summed E-state index contributed by atoms with van der Waals surface area (Å²) in [6.45, 7) is 5.80. The number of amides is 2. The van der Waals surface area contributed by atoms with Gasteiger partial charge in [0.05, 0.1) is 0 Å². The predicted molar refractivity (Wildman–Crippen MR) is 90.0 cm³/mol. The molecule has 0 aliphatic carbocycles. The van der Waals surface area contributed by atoms with Crippen LogP contribution in [0.4, 0.5) is 5.69 Å². The molecule has 0 aliphatic rings. The van der Waals surface area contributed by atoms with Crippen molar-refractivity contribution >= 4 is 17.5 Å². The fraction of sp³-hybridized carbons (Fsp3) is 0.278. The minimum Gasteiger partial charge on any atom is -0.350 e. The quantitative estimate of drug-likeness (QED) is 0.922. The van der Waals surface area contributed by atoms with Crippen LogP contribution in [0, 0.1) is 13.8 Å². The average Bonchev–Trinajstić information content (AvgIpc) is 2.50. The Hall–Kier alpha value is -2.69. The fourth-order valence-electron chi connectivity index (χ4n) is 2.39. The first-order valence-electron chi connectivity index (χ1n) is 7.47. The normalized spacial score (nSPS) is 10.2. The molecule has 2 rings (SSSR count). The molecule has 0 fully saturated rings. The smallest absolute Gasteiger partial charge is 0.240 e. The Morgan fingerprint density at radius 3 is 2.43 bits per heavy atom. The van der Waals surface area contributed by atoms with Gasteiger partial charge in [0.1, 0.15) is 6.54 Å². The second-order valence-corrected chi connectivity index (χ2v) is 5.59. The molecule has 23 heavy (non-hydrogen) atoms. The highest BCUT2D eigenvalue weighted by Crippen LogP contribution is 2.18. The minimum absolute atomic E-state index is 0.00150. The van der Waals surface area contributed by atoms with Gasteiger partial charge in [-0.05, 0) is 48.7 Å². The van der Waals surface area contributed by atoms with E-state index in [0.29, 0.717) is 6.54 Å². The predicted octanol–water partition coefficient (Wildman–Crippen LogP) is 2.37. The number of benzene rings is 1. The lowest BCUT2D eigenvalue weighted by Crippen LogP contribution is -2.39. The van der Waals surface area contributed by atoms with Crippen LogP contribution in [-0.2, 0) is 16.1 Å². The standard InChI is InChI=1S/C18H21N3O2/c1-13-7-14(2)9-17(8-13)21(15(3)22)12-18(23)20-11-16-5-4-6-19-10-16/h4-10H,11-12H2,1-3H3,(H,20,23). The molecule has 0 unspecified atom stereocenters. The molecule has 1 aromatic heterocycles. The Labute approximate surface area is 136 Å². The molecule has 0 bridgehead atoms. The summed E-state index contributed by atoms with van der Waals surface area (Å²) in [5.41, 5.74) is 3.78. The number of hydrogen-bond donors (Lipinski definition) is 1. The van der Waals surface area contributed by atoms with Gasteiger partial charge < -0.3 is 10.2 Å². The van der Waals surface area contributed by atoms with Crippen LogP contribution in [-0.4, -0.2) is 23.3 Å². The molecule has 2 amide bonds. The monoisotopic (exact) mass is 311 g/mol. The van der Waals surface area contributed by atoms with Gasteiger partial charge >= 0.3 is 0 Å². The molecule has 2 aromatic rings. The second-order valence-electron chi connectivity index (χ2n) is 5.59. The van der Waals surface area contributed by atoms with E-state index in [1.807, 2.05) is 44.2 Å². The Balaban J connectivity index is 2.04. The number of pyridine rings is 1. The van der Waals surface area contributed by atoms with Crippen molar-refractivity contribution in [3.63, 3.8) is 0 Å². The first-order chi connectivity index (χ1) is 11.0. The number of nitrogens with one attached hydrogen (secondary N) is 1. The molecule has 1 aromatic carbocycles. The van der Waals surface area contributed by atoms with Crippen LogP contribution in [0.2, 0.25) is 0 Å². The third kappa shape index (κ3) is 4.92. The number of aryl methyl sites for hydroxylation is 2. The van der Waals surface area contributed by atoms with Crippen LogP contribution >= 0.6 is 0 Å². The maximum Gasteiger partial charge on any atom is 0.240 e. The lowest BCUT2D eigenvalue weighted by molar-refractivity contribution is -0.123. The van der Waals surface area contributed by atoms with E-state index < -0.39 is 0 Å². The molecule has 0 spiro atoms. The number of rotatable bonds is 5. The number of carbonyl (C=O) groups excluding carboxylic acids is 2. The van der Waals surface area contributed by atoms with Crippen molar-refractivity contribution in [1.29, 1.82) is 0 Å². The molecule has 5 heteroatoms. The van der Waals surface area contributed by atoms with Gasteiger partial charge in [0, 0.05) is 31.5 Å². The molecule has 1 N–H and O–H groups in total. The number of nitrogens with zero attached hydrogens (tertiary/aromatic N) is 2. The Kier molecular flexibility index (Phi) is 5.46. The van der Waals surface area contributed by atoms with Gasteiger partial charge in [0.25, 0.3) is 0 Å². The molecular formula is C18H21N3O2. The molecule has 0 aliphatic heterocycles. The van der Waals surface area contributed by atoms with Crippen molar-refractivity contribution in [2.45, 2.75) is 27.3 Å². The topological polar surface area (TPSA) is 62.3 Å². The molecule has 0 saturated heterocycles. The summed E-state index contributed by atoms with van der Waals surface area (Å²) < 4.78 is 0. The average molecular weight is 311 g/mol. The second kappa shape index (κ2) is 7.54. The Morgan fingerprint density at radius 1 is 1.17 bits per heavy atom. The third-order valence-electron chi connectivity index (χ3n) is 3.41. The van der Waals surface area contributed by atoms with Crippen LogP contribution in [0.5, 0.6) is 0 Å². The van der Waals surface area contributed by atoms with Gasteiger partial charge in [-0.25, -0.2) is 0 Å². The zero-order chi connectivity index (χ0) is 16.8. The zero-order valence-electron chi connectivity index (χ0n) is 13.7. The first kappa shape index (κ1) is 16.7. The van der Waals surface area contributed by atoms with Crippen molar-refractivity contribution in [2.24, 2.45) is 0 Å². The van der Waals surface area contributed by atoms with E-state index in [0.717, 1.165) is 22.4 Å². The summed E-state index contributed by atoms with van der Waals surface area (Å²) in [5, 5.41) is 2.81. The highest BCUT2D eigenvalue weighted by atomic mass is 16.2.